The molecule has 0 aliphatic heterocycles. The van der Waals surface area contributed by atoms with Crippen molar-refractivity contribution >= 4 is 11.1 Å². The topological polar surface area (TPSA) is 62.5 Å². The molecule has 0 bridgehead atoms. The Morgan fingerprint density at radius 2 is 1.16 bits per heavy atom. The van der Waals surface area contributed by atoms with Crippen molar-refractivity contribution < 1.29 is 0 Å². The standard InChI is InChI=1S/C40H32N4/c41-26-31-16-10-18-33-35-32(17-11-19-34(35)40(36(31)33)24-8-3-9-25-40)27-20-22-30(23-21-27)39-43-37(28-12-4-1-5-13-28)42-38(44-39)29-14-6-2-7-15-29/h1-2,4-7,10-20,22H,3,8-9,21,23-25H2. The third-order valence-electron chi connectivity index (χ3n) is 9.70. The van der Waals surface area contributed by atoms with E-state index in [0.717, 1.165) is 53.8 Å². The van der Waals surface area contributed by atoms with Crippen LogP contribution in [-0.4, -0.2) is 15.0 Å². The van der Waals surface area contributed by atoms with Crippen molar-refractivity contribution in [3.8, 4) is 40.0 Å². The average molecular weight is 569 g/mol. The van der Waals surface area contributed by atoms with E-state index in [2.05, 4.69) is 48.6 Å². The second kappa shape index (κ2) is 10.8. The van der Waals surface area contributed by atoms with Gasteiger partial charge in [-0.2, -0.15) is 5.26 Å². The second-order valence-corrected chi connectivity index (χ2v) is 12.1. The van der Waals surface area contributed by atoms with Crippen LogP contribution >= 0.6 is 0 Å². The minimum absolute atomic E-state index is 0.0476. The molecule has 0 unspecified atom stereocenters. The Morgan fingerprint density at radius 3 is 1.80 bits per heavy atom. The summed E-state index contributed by atoms with van der Waals surface area (Å²) in [7, 11) is 0. The number of nitrogens with zero attached hydrogens (tertiary/aromatic N) is 4. The number of aromatic nitrogens is 3. The molecule has 0 N–H and O–H groups in total. The highest BCUT2D eigenvalue weighted by Gasteiger charge is 2.46. The van der Waals surface area contributed by atoms with E-state index in [0.29, 0.717) is 11.6 Å². The van der Waals surface area contributed by atoms with Gasteiger partial charge in [-0.25, -0.2) is 15.0 Å². The first kappa shape index (κ1) is 26.5. The molecule has 212 valence electrons. The highest BCUT2D eigenvalue weighted by Crippen LogP contribution is 2.58. The van der Waals surface area contributed by atoms with Gasteiger partial charge in [-0.3, -0.25) is 0 Å². The molecule has 0 radical (unpaired) electrons. The van der Waals surface area contributed by atoms with Gasteiger partial charge in [-0.1, -0.05) is 122 Å². The molecule has 0 atom stereocenters. The van der Waals surface area contributed by atoms with E-state index in [-0.39, 0.29) is 5.41 Å². The summed E-state index contributed by atoms with van der Waals surface area (Å²) in [6.45, 7) is 0. The Hall–Kier alpha value is -5.14. The number of fused-ring (bicyclic) bond motifs is 5. The Kier molecular flexibility index (Phi) is 6.53. The molecule has 1 aromatic heterocycles. The van der Waals surface area contributed by atoms with Crippen LogP contribution in [0.2, 0.25) is 0 Å². The summed E-state index contributed by atoms with van der Waals surface area (Å²) in [5.41, 5.74) is 11.8. The van der Waals surface area contributed by atoms with Gasteiger partial charge < -0.3 is 0 Å². The third kappa shape index (κ3) is 4.31. The molecule has 1 spiro atoms. The summed E-state index contributed by atoms with van der Waals surface area (Å²) in [5.74, 6) is 2.11. The van der Waals surface area contributed by atoms with E-state index in [1.54, 1.807) is 0 Å². The molecule has 1 saturated carbocycles. The summed E-state index contributed by atoms with van der Waals surface area (Å²) in [5, 5.41) is 10.1. The van der Waals surface area contributed by atoms with Crippen molar-refractivity contribution in [3.05, 3.63) is 137 Å². The highest BCUT2D eigenvalue weighted by molar-refractivity contribution is 5.93. The van der Waals surface area contributed by atoms with E-state index >= 15 is 0 Å². The minimum Gasteiger partial charge on any atom is -0.209 e. The molecule has 0 amide bonds. The van der Waals surface area contributed by atoms with Crippen molar-refractivity contribution in [3.63, 3.8) is 0 Å². The first-order chi connectivity index (χ1) is 21.7. The molecular formula is C40H32N4. The van der Waals surface area contributed by atoms with E-state index in [4.69, 9.17) is 15.0 Å². The smallest absolute Gasteiger partial charge is 0.164 e. The van der Waals surface area contributed by atoms with E-state index in [9.17, 15) is 5.26 Å². The zero-order valence-corrected chi connectivity index (χ0v) is 24.6. The first-order valence-electron chi connectivity index (χ1n) is 15.7. The Bertz CT molecular complexity index is 1930. The molecule has 4 aromatic carbocycles. The monoisotopic (exact) mass is 568 g/mol. The van der Waals surface area contributed by atoms with Gasteiger partial charge in [0.15, 0.2) is 17.5 Å². The molecule has 4 nitrogen and oxygen atoms in total. The molecule has 3 aliphatic carbocycles. The molecule has 3 aliphatic rings. The van der Waals surface area contributed by atoms with Crippen molar-refractivity contribution in [1.29, 1.82) is 5.26 Å². The van der Waals surface area contributed by atoms with Crippen molar-refractivity contribution in [2.75, 3.05) is 0 Å². The van der Waals surface area contributed by atoms with Gasteiger partial charge in [-0.15, -0.1) is 0 Å². The fraction of sp³-hybridized carbons (Fsp3) is 0.200. The van der Waals surface area contributed by atoms with Crippen LogP contribution in [0.4, 0.5) is 0 Å². The fourth-order valence-corrected chi connectivity index (χ4v) is 7.69. The number of benzene rings is 4. The second-order valence-electron chi connectivity index (χ2n) is 12.1. The molecule has 1 heterocycles. The lowest BCUT2D eigenvalue weighted by Gasteiger charge is -2.36. The van der Waals surface area contributed by atoms with Crippen LogP contribution in [0.25, 0.3) is 45.0 Å². The maximum absolute atomic E-state index is 10.1. The number of nitriles is 1. The van der Waals surface area contributed by atoms with Crippen LogP contribution < -0.4 is 0 Å². The predicted molar refractivity (Wildman–Crippen MR) is 176 cm³/mol. The molecule has 8 rings (SSSR count). The molecule has 1 fully saturated rings. The van der Waals surface area contributed by atoms with Gasteiger partial charge in [-0.05, 0) is 70.7 Å². The van der Waals surface area contributed by atoms with Crippen LogP contribution in [0.1, 0.15) is 73.0 Å². The zero-order chi connectivity index (χ0) is 29.5. The lowest BCUT2D eigenvalue weighted by molar-refractivity contribution is 0.352. The quantitative estimate of drug-likeness (QED) is 0.217. The van der Waals surface area contributed by atoms with Gasteiger partial charge in [0.05, 0.1) is 11.6 Å². The Balaban J connectivity index is 1.23. The van der Waals surface area contributed by atoms with Gasteiger partial charge in [0.2, 0.25) is 0 Å². The van der Waals surface area contributed by atoms with Crippen LogP contribution in [0.5, 0.6) is 0 Å². The lowest BCUT2D eigenvalue weighted by Crippen LogP contribution is -2.29. The minimum atomic E-state index is -0.0476. The summed E-state index contributed by atoms with van der Waals surface area (Å²) >= 11 is 0. The fourth-order valence-electron chi connectivity index (χ4n) is 7.69. The Labute approximate surface area is 258 Å². The van der Waals surface area contributed by atoms with Crippen LogP contribution in [0.15, 0.2) is 109 Å². The number of rotatable bonds is 4. The average Bonchev–Trinajstić information content (AvgIpc) is 3.38. The third-order valence-corrected chi connectivity index (χ3v) is 9.70. The van der Waals surface area contributed by atoms with Crippen LogP contribution in [0, 0.1) is 11.3 Å². The maximum Gasteiger partial charge on any atom is 0.164 e. The Morgan fingerprint density at radius 1 is 0.568 bits per heavy atom. The normalized spacial score (nSPS) is 16.4. The summed E-state index contributed by atoms with van der Waals surface area (Å²) in [6, 6.07) is 36.0. The van der Waals surface area contributed by atoms with Gasteiger partial charge in [0.1, 0.15) is 0 Å². The van der Waals surface area contributed by atoms with Gasteiger partial charge in [0.25, 0.3) is 0 Å². The zero-order valence-electron chi connectivity index (χ0n) is 24.6. The highest BCUT2D eigenvalue weighted by atomic mass is 15.0. The van der Waals surface area contributed by atoms with E-state index < -0.39 is 0 Å². The molecule has 4 heteroatoms. The van der Waals surface area contributed by atoms with Crippen LogP contribution in [0.3, 0.4) is 0 Å². The van der Waals surface area contributed by atoms with E-state index in [1.807, 2.05) is 66.7 Å². The summed E-state index contributed by atoms with van der Waals surface area (Å²) in [4.78, 5) is 14.8. The molecule has 44 heavy (non-hydrogen) atoms. The van der Waals surface area contributed by atoms with Crippen LogP contribution in [-0.2, 0) is 5.41 Å². The van der Waals surface area contributed by atoms with E-state index in [1.165, 1.54) is 52.7 Å². The number of allylic oxidation sites excluding steroid dienone is 4. The maximum atomic E-state index is 10.1. The lowest BCUT2D eigenvalue weighted by atomic mass is 9.66. The SMILES string of the molecule is N#Cc1cccc2c1C1(CCCCC1)c1cccc(C3=CC=C(c4nc(-c5ccccc5)nc(-c5ccccc5)n4)CC3)c1-2. The molecule has 0 saturated heterocycles. The first-order valence-corrected chi connectivity index (χ1v) is 15.7. The number of hydrogen-bond donors (Lipinski definition) is 0. The molecular weight excluding hydrogens is 536 g/mol. The number of hydrogen-bond acceptors (Lipinski definition) is 4. The van der Waals surface area contributed by atoms with Crippen molar-refractivity contribution in [1.82, 2.24) is 15.0 Å². The van der Waals surface area contributed by atoms with Gasteiger partial charge >= 0.3 is 0 Å². The van der Waals surface area contributed by atoms with Gasteiger partial charge in [0, 0.05) is 16.5 Å². The predicted octanol–water partition coefficient (Wildman–Crippen LogP) is 9.57. The molecule has 5 aromatic rings. The summed E-state index contributed by atoms with van der Waals surface area (Å²) in [6.07, 6.45) is 12.1. The van der Waals surface area contributed by atoms with Crippen molar-refractivity contribution in [2.24, 2.45) is 0 Å². The van der Waals surface area contributed by atoms with Crippen molar-refractivity contribution in [2.45, 2.75) is 50.4 Å². The largest absolute Gasteiger partial charge is 0.209 e. The summed E-state index contributed by atoms with van der Waals surface area (Å²) < 4.78 is 0.